The van der Waals surface area contributed by atoms with E-state index in [2.05, 4.69) is 20.3 Å². The molecule has 0 spiro atoms. The molecule has 152 valence electrons. The zero-order valence-corrected chi connectivity index (χ0v) is 17.1. The third-order valence-corrected chi connectivity index (χ3v) is 4.35. The summed E-state index contributed by atoms with van der Waals surface area (Å²) in [5.41, 5.74) is 0.736. The van der Waals surface area contributed by atoms with Crippen LogP contribution in [0.15, 0.2) is 43.1 Å². The summed E-state index contributed by atoms with van der Waals surface area (Å²) >= 11 is 0. The fourth-order valence-electron chi connectivity index (χ4n) is 3.12. The second kappa shape index (κ2) is 12.3. The van der Waals surface area contributed by atoms with Crippen molar-refractivity contribution in [2.75, 3.05) is 13.2 Å². The molecule has 3 N–H and O–H groups in total. The van der Waals surface area contributed by atoms with E-state index in [4.69, 9.17) is 4.74 Å². The predicted octanol–water partition coefficient (Wildman–Crippen LogP) is 1.81. The van der Waals surface area contributed by atoms with Gasteiger partial charge in [0, 0.05) is 43.3 Å². The minimum Gasteiger partial charge on any atom is -0.476 e. The highest BCUT2D eigenvalue weighted by molar-refractivity contribution is 5.86. The van der Waals surface area contributed by atoms with E-state index in [0.29, 0.717) is 38.4 Å². The topological polar surface area (TPSA) is 100 Å². The summed E-state index contributed by atoms with van der Waals surface area (Å²) in [4.78, 5) is 12.2. The number of hydrogen-bond donors (Lipinski definition) is 3. The number of ether oxygens (including phenoxy) is 1. The molecule has 1 aliphatic carbocycles. The van der Waals surface area contributed by atoms with Gasteiger partial charge >= 0.3 is 0 Å². The van der Waals surface area contributed by atoms with Crippen LogP contribution in [0.1, 0.15) is 18.4 Å². The standard InChI is InChI=1S/C17H22N4O3.3ClH/c22-14-6-17(7-15(14)23,12-24-16-10-19-4-5-21-16)11-20-9-13-2-1-3-18-8-13;;;/h1-5,8,10,14-15,20,22-23H,6-7,9,11-12H2;3*1H/t14-,15+,17?;;;. The Morgan fingerprint density at radius 3 is 2.33 bits per heavy atom. The first kappa shape index (κ1) is 25.8. The quantitative estimate of drug-likeness (QED) is 0.605. The molecule has 3 rings (SSSR count). The summed E-state index contributed by atoms with van der Waals surface area (Å²) < 4.78 is 5.74. The lowest BCUT2D eigenvalue weighted by Crippen LogP contribution is -2.38. The summed E-state index contributed by atoms with van der Waals surface area (Å²) in [5.74, 6) is 0.444. The number of aliphatic hydroxyl groups excluding tert-OH is 2. The predicted molar refractivity (Wildman–Crippen MR) is 109 cm³/mol. The average molecular weight is 440 g/mol. The van der Waals surface area contributed by atoms with E-state index in [1.54, 1.807) is 24.8 Å². The van der Waals surface area contributed by atoms with Gasteiger partial charge < -0.3 is 20.3 Å². The molecule has 10 heteroatoms. The van der Waals surface area contributed by atoms with Gasteiger partial charge in [0.2, 0.25) is 5.88 Å². The average Bonchev–Trinajstić information content (AvgIpc) is 2.90. The van der Waals surface area contributed by atoms with Gasteiger partial charge in [-0.25, -0.2) is 4.98 Å². The van der Waals surface area contributed by atoms with Crippen LogP contribution in [0.25, 0.3) is 0 Å². The van der Waals surface area contributed by atoms with Gasteiger partial charge in [0.15, 0.2) is 0 Å². The Kier molecular flexibility index (Phi) is 11.7. The third-order valence-electron chi connectivity index (χ3n) is 4.35. The summed E-state index contributed by atoms with van der Waals surface area (Å²) in [6.45, 7) is 1.66. The number of aliphatic hydroxyl groups is 2. The molecule has 1 aliphatic rings. The highest BCUT2D eigenvalue weighted by atomic mass is 35.5. The molecule has 0 bridgehead atoms. The zero-order valence-electron chi connectivity index (χ0n) is 14.6. The monoisotopic (exact) mass is 438 g/mol. The Balaban J connectivity index is 0.00000225. The fourth-order valence-corrected chi connectivity index (χ4v) is 3.12. The SMILES string of the molecule is Cl.Cl.Cl.O[C@@H]1CC(CNCc2cccnc2)(COc2cnccn2)C[C@@H]1O. The van der Waals surface area contributed by atoms with E-state index in [1.807, 2.05) is 18.3 Å². The maximum absolute atomic E-state index is 9.98. The number of rotatable bonds is 7. The molecule has 2 aromatic rings. The van der Waals surface area contributed by atoms with Gasteiger partial charge in [-0.15, -0.1) is 37.2 Å². The molecule has 0 aromatic carbocycles. The lowest BCUT2D eigenvalue weighted by atomic mass is 9.86. The van der Waals surface area contributed by atoms with E-state index in [9.17, 15) is 10.2 Å². The van der Waals surface area contributed by atoms with Crippen LogP contribution in [-0.4, -0.2) is 50.5 Å². The van der Waals surface area contributed by atoms with E-state index >= 15 is 0 Å². The number of nitrogens with one attached hydrogen (secondary N) is 1. The van der Waals surface area contributed by atoms with Crippen molar-refractivity contribution in [3.05, 3.63) is 48.7 Å². The lowest BCUT2D eigenvalue weighted by molar-refractivity contribution is 0.0438. The molecule has 1 saturated carbocycles. The first-order valence-electron chi connectivity index (χ1n) is 8.01. The minimum absolute atomic E-state index is 0. The van der Waals surface area contributed by atoms with Crippen molar-refractivity contribution in [2.24, 2.45) is 5.41 Å². The summed E-state index contributed by atoms with van der Waals surface area (Å²) in [6, 6.07) is 3.90. The Labute approximate surface area is 177 Å². The Morgan fingerprint density at radius 1 is 1.04 bits per heavy atom. The van der Waals surface area contributed by atoms with Crippen LogP contribution in [-0.2, 0) is 6.54 Å². The van der Waals surface area contributed by atoms with Crippen LogP contribution in [0.3, 0.4) is 0 Å². The molecular formula is C17H25Cl3N4O3. The molecule has 0 radical (unpaired) electrons. The Morgan fingerprint density at radius 2 is 1.74 bits per heavy atom. The van der Waals surface area contributed by atoms with E-state index in [1.165, 1.54) is 0 Å². The van der Waals surface area contributed by atoms with E-state index < -0.39 is 12.2 Å². The maximum Gasteiger partial charge on any atom is 0.232 e. The highest BCUT2D eigenvalue weighted by Gasteiger charge is 2.44. The van der Waals surface area contributed by atoms with Crippen LogP contribution in [0, 0.1) is 5.41 Å². The van der Waals surface area contributed by atoms with E-state index in [-0.39, 0.29) is 42.6 Å². The number of halogens is 3. The molecule has 0 amide bonds. The van der Waals surface area contributed by atoms with Crippen LogP contribution in [0.2, 0.25) is 0 Å². The van der Waals surface area contributed by atoms with Crippen LogP contribution >= 0.6 is 37.2 Å². The first-order chi connectivity index (χ1) is 11.7. The molecule has 7 nitrogen and oxygen atoms in total. The van der Waals surface area contributed by atoms with Gasteiger partial charge in [-0.3, -0.25) is 9.97 Å². The fraction of sp³-hybridized carbons (Fsp3) is 0.471. The normalized spacial score (nSPS) is 23.5. The molecule has 1 fully saturated rings. The molecule has 1 unspecified atom stereocenters. The molecule has 3 atom stereocenters. The summed E-state index contributed by atoms with van der Waals surface area (Å²) in [7, 11) is 0. The lowest BCUT2D eigenvalue weighted by Gasteiger charge is -2.29. The Bertz CT molecular complexity index is 630. The molecule has 27 heavy (non-hydrogen) atoms. The van der Waals surface area contributed by atoms with Crippen molar-refractivity contribution in [2.45, 2.75) is 31.6 Å². The number of hydrogen-bond acceptors (Lipinski definition) is 7. The van der Waals surface area contributed by atoms with Gasteiger partial charge in [0.05, 0.1) is 25.0 Å². The van der Waals surface area contributed by atoms with Crippen molar-refractivity contribution >= 4 is 37.2 Å². The summed E-state index contributed by atoms with van der Waals surface area (Å²) in [5, 5.41) is 23.3. The number of nitrogens with zero attached hydrogens (tertiary/aromatic N) is 3. The minimum atomic E-state index is -0.726. The molecule has 2 aromatic heterocycles. The van der Waals surface area contributed by atoms with Crippen molar-refractivity contribution in [1.82, 2.24) is 20.3 Å². The second-order valence-corrected chi connectivity index (χ2v) is 6.34. The molecule has 2 heterocycles. The largest absolute Gasteiger partial charge is 0.476 e. The third kappa shape index (κ3) is 7.37. The molecule has 0 saturated heterocycles. The van der Waals surface area contributed by atoms with Gasteiger partial charge in [0.25, 0.3) is 0 Å². The van der Waals surface area contributed by atoms with Crippen LogP contribution < -0.4 is 10.1 Å². The number of aromatic nitrogens is 3. The smallest absolute Gasteiger partial charge is 0.232 e. The van der Waals surface area contributed by atoms with Gasteiger partial charge in [-0.1, -0.05) is 6.07 Å². The van der Waals surface area contributed by atoms with Crippen LogP contribution in [0.5, 0.6) is 5.88 Å². The van der Waals surface area contributed by atoms with Crippen molar-refractivity contribution in [3.8, 4) is 5.88 Å². The highest BCUT2D eigenvalue weighted by Crippen LogP contribution is 2.38. The van der Waals surface area contributed by atoms with Gasteiger partial charge in [-0.05, 0) is 24.5 Å². The maximum atomic E-state index is 9.98. The van der Waals surface area contributed by atoms with Crippen LogP contribution in [0.4, 0.5) is 0 Å². The number of pyridine rings is 1. The van der Waals surface area contributed by atoms with Gasteiger partial charge in [0.1, 0.15) is 0 Å². The van der Waals surface area contributed by atoms with Crippen molar-refractivity contribution in [1.29, 1.82) is 0 Å². The zero-order chi connectivity index (χ0) is 16.8. The molecule has 0 aliphatic heterocycles. The van der Waals surface area contributed by atoms with Crippen molar-refractivity contribution < 1.29 is 14.9 Å². The second-order valence-electron chi connectivity index (χ2n) is 6.34. The van der Waals surface area contributed by atoms with E-state index in [0.717, 1.165) is 5.56 Å². The van der Waals surface area contributed by atoms with Crippen molar-refractivity contribution in [3.63, 3.8) is 0 Å². The first-order valence-corrected chi connectivity index (χ1v) is 8.01. The summed E-state index contributed by atoms with van der Waals surface area (Å²) in [6.07, 6.45) is 7.77. The van der Waals surface area contributed by atoms with Gasteiger partial charge in [-0.2, -0.15) is 0 Å². The Hall–Kier alpha value is -1.22. The molecular weight excluding hydrogens is 415 g/mol.